The molecule has 1 atom stereocenters. The van der Waals surface area contributed by atoms with E-state index in [1.165, 1.54) is 0 Å². The van der Waals surface area contributed by atoms with Gasteiger partial charge in [0.25, 0.3) is 5.92 Å². The smallest absolute Gasteiger partial charge is 0.266 e. The summed E-state index contributed by atoms with van der Waals surface area (Å²) < 4.78 is 33.7. The van der Waals surface area contributed by atoms with Crippen LogP contribution in [0.2, 0.25) is 0 Å². The lowest BCUT2D eigenvalue weighted by Crippen LogP contribution is -2.27. The SMILES string of the molecule is Cc1conc1C(n1cc(N2CCC(F)(F)C2)cn1)C(C)(C)C. The van der Waals surface area contributed by atoms with E-state index in [1.807, 2.05) is 13.1 Å². The second-order valence-electron chi connectivity index (χ2n) is 7.36. The number of aromatic nitrogens is 3. The third-order valence-electron chi connectivity index (χ3n) is 4.25. The Kier molecular flexibility index (Phi) is 3.69. The van der Waals surface area contributed by atoms with Crippen LogP contribution in [0.25, 0.3) is 0 Å². The van der Waals surface area contributed by atoms with Gasteiger partial charge < -0.3 is 9.42 Å². The molecule has 1 fully saturated rings. The van der Waals surface area contributed by atoms with Gasteiger partial charge in [-0.3, -0.25) is 4.68 Å². The van der Waals surface area contributed by atoms with Crippen molar-refractivity contribution >= 4 is 5.69 Å². The molecule has 0 aromatic carbocycles. The van der Waals surface area contributed by atoms with E-state index >= 15 is 0 Å². The van der Waals surface area contributed by atoms with Crippen molar-refractivity contribution in [2.45, 2.75) is 46.1 Å². The maximum Gasteiger partial charge on any atom is 0.266 e. The van der Waals surface area contributed by atoms with Gasteiger partial charge in [0.15, 0.2) is 0 Å². The zero-order valence-corrected chi connectivity index (χ0v) is 13.9. The van der Waals surface area contributed by atoms with Gasteiger partial charge in [0.05, 0.1) is 18.4 Å². The Morgan fingerprint density at radius 3 is 2.61 bits per heavy atom. The number of aryl methyl sites for hydroxylation is 1. The van der Waals surface area contributed by atoms with E-state index in [4.69, 9.17) is 4.52 Å². The second kappa shape index (κ2) is 5.32. The Balaban J connectivity index is 1.92. The molecule has 2 aromatic rings. The van der Waals surface area contributed by atoms with Crippen molar-refractivity contribution in [1.29, 1.82) is 0 Å². The lowest BCUT2D eigenvalue weighted by atomic mass is 9.84. The average molecular weight is 324 g/mol. The van der Waals surface area contributed by atoms with Crippen molar-refractivity contribution in [3.63, 3.8) is 0 Å². The summed E-state index contributed by atoms with van der Waals surface area (Å²) in [5.41, 5.74) is 2.34. The van der Waals surface area contributed by atoms with Crippen molar-refractivity contribution < 1.29 is 13.3 Å². The molecular formula is C16H22F2N4O. The summed E-state index contributed by atoms with van der Waals surface area (Å²) >= 11 is 0. The molecule has 3 rings (SSSR count). The summed E-state index contributed by atoms with van der Waals surface area (Å²) in [6, 6.07) is -0.127. The van der Waals surface area contributed by atoms with E-state index in [0.29, 0.717) is 6.54 Å². The van der Waals surface area contributed by atoms with E-state index in [0.717, 1.165) is 16.9 Å². The molecule has 0 bridgehead atoms. The van der Waals surface area contributed by atoms with Crippen LogP contribution in [0.5, 0.6) is 0 Å². The lowest BCUT2D eigenvalue weighted by molar-refractivity contribution is 0.0257. The maximum atomic E-state index is 13.4. The van der Waals surface area contributed by atoms with Gasteiger partial charge in [-0.15, -0.1) is 0 Å². The molecule has 1 unspecified atom stereocenters. The summed E-state index contributed by atoms with van der Waals surface area (Å²) in [6.45, 7) is 8.32. The highest BCUT2D eigenvalue weighted by atomic mass is 19.3. The fraction of sp³-hybridized carbons (Fsp3) is 0.625. The summed E-state index contributed by atoms with van der Waals surface area (Å²) in [6.07, 6.45) is 4.98. The van der Waals surface area contributed by atoms with Crippen LogP contribution < -0.4 is 4.90 Å². The molecule has 7 heteroatoms. The Bertz CT molecular complexity index is 686. The van der Waals surface area contributed by atoms with Crippen molar-refractivity contribution in [1.82, 2.24) is 14.9 Å². The van der Waals surface area contributed by atoms with Crippen LogP contribution in [0.3, 0.4) is 0 Å². The number of anilines is 1. The second-order valence-corrected chi connectivity index (χ2v) is 7.36. The number of rotatable bonds is 3. The average Bonchev–Trinajstić information content (AvgIpc) is 3.11. The van der Waals surface area contributed by atoms with Crippen molar-refractivity contribution in [2.24, 2.45) is 5.41 Å². The van der Waals surface area contributed by atoms with Gasteiger partial charge in [-0.25, -0.2) is 8.78 Å². The molecule has 5 nitrogen and oxygen atoms in total. The van der Waals surface area contributed by atoms with Crippen LogP contribution in [0.4, 0.5) is 14.5 Å². The van der Waals surface area contributed by atoms with Gasteiger partial charge in [0, 0.05) is 24.7 Å². The third kappa shape index (κ3) is 3.09. The molecule has 23 heavy (non-hydrogen) atoms. The predicted molar refractivity (Wildman–Crippen MR) is 82.8 cm³/mol. The van der Waals surface area contributed by atoms with E-state index in [2.05, 4.69) is 31.0 Å². The maximum absolute atomic E-state index is 13.4. The van der Waals surface area contributed by atoms with Gasteiger partial charge in [0.1, 0.15) is 18.0 Å². The first-order valence-electron chi connectivity index (χ1n) is 7.75. The highest BCUT2D eigenvalue weighted by Crippen LogP contribution is 2.38. The summed E-state index contributed by atoms with van der Waals surface area (Å²) in [5, 5.41) is 8.54. The fourth-order valence-corrected chi connectivity index (χ4v) is 3.08. The fourth-order valence-electron chi connectivity index (χ4n) is 3.08. The van der Waals surface area contributed by atoms with Crippen molar-refractivity contribution in [3.8, 4) is 0 Å². The quantitative estimate of drug-likeness (QED) is 0.864. The molecule has 0 radical (unpaired) electrons. The molecule has 2 aromatic heterocycles. The van der Waals surface area contributed by atoms with Crippen LogP contribution >= 0.6 is 0 Å². The molecule has 1 aliphatic heterocycles. The Hall–Kier alpha value is -1.92. The minimum absolute atomic E-state index is 0.108. The minimum Gasteiger partial charge on any atom is -0.364 e. The number of nitrogens with zero attached hydrogens (tertiary/aromatic N) is 4. The summed E-state index contributed by atoms with van der Waals surface area (Å²) in [7, 11) is 0. The Labute approximate surface area is 134 Å². The minimum atomic E-state index is -2.62. The predicted octanol–water partition coefficient (Wildman–Crippen LogP) is 3.66. The number of halogens is 2. The Morgan fingerprint density at radius 1 is 1.35 bits per heavy atom. The van der Waals surface area contributed by atoms with E-state index in [9.17, 15) is 8.78 Å². The number of hydrogen-bond acceptors (Lipinski definition) is 4. The zero-order valence-electron chi connectivity index (χ0n) is 13.9. The van der Waals surface area contributed by atoms with Crippen LogP contribution in [0.15, 0.2) is 23.2 Å². The van der Waals surface area contributed by atoms with Gasteiger partial charge in [-0.05, 0) is 12.3 Å². The molecule has 126 valence electrons. The molecule has 1 aliphatic rings. The van der Waals surface area contributed by atoms with Crippen LogP contribution in [0, 0.1) is 12.3 Å². The van der Waals surface area contributed by atoms with E-state index in [-0.39, 0.29) is 24.4 Å². The normalized spacial score (nSPS) is 19.3. The largest absolute Gasteiger partial charge is 0.364 e. The van der Waals surface area contributed by atoms with Crippen LogP contribution in [0.1, 0.15) is 44.5 Å². The highest BCUT2D eigenvalue weighted by Gasteiger charge is 2.39. The molecule has 0 spiro atoms. The summed E-state index contributed by atoms with van der Waals surface area (Å²) in [5.74, 6) is -2.62. The number of alkyl halides is 2. The molecule has 0 amide bonds. The monoisotopic (exact) mass is 324 g/mol. The molecule has 3 heterocycles. The van der Waals surface area contributed by atoms with Crippen LogP contribution in [-0.4, -0.2) is 33.9 Å². The van der Waals surface area contributed by atoms with Gasteiger partial charge in [-0.1, -0.05) is 25.9 Å². The van der Waals surface area contributed by atoms with E-state index < -0.39 is 5.92 Å². The first kappa shape index (κ1) is 16.0. The molecular weight excluding hydrogens is 302 g/mol. The van der Waals surface area contributed by atoms with E-state index in [1.54, 1.807) is 22.0 Å². The molecule has 0 aliphatic carbocycles. The third-order valence-corrected chi connectivity index (χ3v) is 4.25. The molecule has 0 N–H and O–H groups in total. The van der Waals surface area contributed by atoms with Crippen molar-refractivity contribution in [2.75, 3.05) is 18.0 Å². The van der Waals surface area contributed by atoms with Crippen LogP contribution in [-0.2, 0) is 0 Å². The first-order valence-corrected chi connectivity index (χ1v) is 7.75. The molecule has 1 saturated heterocycles. The standard InChI is InChI=1S/C16H22F2N4O/c1-11-9-23-20-13(11)14(15(2,3)4)22-8-12(7-19-22)21-6-5-16(17,18)10-21/h7-9,14H,5-6,10H2,1-4H3. The first-order chi connectivity index (χ1) is 10.7. The van der Waals surface area contributed by atoms with Gasteiger partial charge >= 0.3 is 0 Å². The summed E-state index contributed by atoms with van der Waals surface area (Å²) in [4.78, 5) is 1.68. The highest BCUT2D eigenvalue weighted by molar-refractivity contribution is 5.44. The van der Waals surface area contributed by atoms with Crippen molar-refractivity contribution in [3.05, 3.63) is 29.9 Å². The Morgan fingerprint density at radius 2 is 2.09 bits per heavy atom. The zero-order chi connectivity index (χ0) is 16.8. The molecule has 0 saturated carbocycles. The van der Waals surface area contributed by atoms with Gasteiger partial charge in [0.2, 0.25) is 0 Å². The number of hydrogen-bond donors (Lipinski definition) is 0. The topological polar surface area (TPSA) is 47.1 Å². The lowest BCUT2D eigenvalue weighted by Gasteiger charge is -2.29. The van der Waals surface area contributed by atoms with Gasteiger partial charge in [-0.2, -0.15) is 5.10 Å².